The molecule has 38 heavy (non-hydrogen) atoms. The van der Waals surface area contributed by atoms with Crippen LogP contribution in [-0.4, -0.2) is 38.6 Å². The Morgan fingerprint density at radius 2 is 1.84 bits per heavy atom. The van der Waals surface area contributed by atoms with Crippen molar-refractivity contribution in [2.75, 3.05) is 13.1 Å². The van der Waals surface area contributed by atoms with E-state index in [4.69, 9.17) is 21.9 Å². The number of hydrogen-bond donors (Lipinski definition) is 1. The molecule has 0 spiro atoms. The van der Waals surface area contributed by atoms with Crippen molar-refractivity contribution < 1.29 is 22.5 Å². The van der Waals surface area contributed by atoms with Gasteiger partial charge in [-0.3, -0.25) is 14.2 Å². The van der Waals surface area contributed by atoms with Crippen LogP contribution in [0.15, 0.2) is 63.9 Å². The number of carbonyl (C=O) groups is 1. The van der Waals surface area contributed by atoms with Crippen molar-refractivity contribution >= 4 is 28.6 Å². The van der Waals surface area contributed by atoms with Gasteiger partial charge in [-0.1, -0.05) is 54.0 Å². The summed E-state index contributed by atoms with van der Waals surface area (Å²) >= 11 is 5.98. The van der Waals surface area contributed by atoms with Crippen LogP contribution in [0.1, 0.15) is 53.2 Å². The number of alkyl halides is 3. The van der Waals surface area contributed by atoms with E-state index in [0.717, 1.165) is 4.57 Å². The molecule has 0 bridgehead atoms. The van der Waals surface area contributed by atoms with Crippen molar-refractivity contribution in [2.24, 2.45) is 5.73 Å². The number of rotatable bonds is 9. The molecule has 2 heterocycles. The minimum absolute atomic E-state index is 0.0726. The molecule has 12 heteroatoms. The highest BCUT2D eigenvalue weighted by molar-refractivity contribution is 6.30. The summed E-state index contributed by atoms with van der Waals surface area (Å²) in [7, 11) is 0. The first kappa shape index (κ1) is 27.3. The molecule has 0 saturated heterocycles. The van der Waals surface area contributed by atoms with Crippen molar-refractivity contribution in [3.63, 3.8) is 0 Å². The number of fused-ring (bicyclic) bond motifs is 1. The Hall–Kier alpha value is -3.70. The second-order valence-electron chi connectivity index (χ2n) is 8.63. The van der Waals surface area contributed by atoms with Gasteiger partial charge >= 0.3 is 6.18 Å². The Bertz CT molecular complexity index is 1470. The van der Waals surface area contributed by atoms with E-state index in [-0.39, 0.29) is 24.8 Å². The molecular weight excluding hydrogens is 523 g/mol. The van der Waals surface area contributed by atoms with Crippen molar-refractivity contribution in [1.29, 1.82) is 0 Å². The van der Waals surface area contributed by atoms with Crippen LogP contribution in [0.2, 0.25) is 5.02 Å². The second kappa shape index (κ2) is 11.4. The van der Waals surface area contributed by atoms with Crippen LogP contribution < -0.4 is 11.3 Å². The van der Waals surface area contributed by atoms with E-state index in [0.29, 0.717) is 35.5 Å². The van der Waals surface area contributed by atoms with E-state index in [1.54, 1.807) is 61.5 Å². The summed E-state index contributed by atoms with van der Waals surface area (Å²) in [4.78, 5) is 33.1. The fourth-order valence-electron chi connectivity index (χ4n) is 4.28. The molecule has 1 atom stereocenters. The van der Waals surface area contributed by atoms with Crippen molar-refractivity contribution in [3.8, 4) is 0 Å². The van der Waals surface area contributed by atoms with Gasteiger partial charge in [-0.15, -0.1) is 0 Å². The second-order valence-corrected chi connectivity index (χ2v) is 9.06. The highest BCUT2D eigenvalue weighted by Crippen LogP contribution is 2.33. The summed E-state index contributed by atoms with van der Waals surface area (Å²) in [6.45, 7) is 2.23. The molecule has 0 aliphatic heterocycles. The predicted octanol–water partition coefficient (Wildman–Crippen LogP) is 5.05. The van der Waals surface area contributed by atoms with E-state index in [9.17, 15) is 22.8 Å². The van der Waals surface area contributed by atoms with Gasteiger partial charge in [0.25, 0.3) is 17.2 Å². The lowest BCUT2D eigenvalue weighted by Gasteiger charge is -2.32. The van der Waals surface area contributed by atoms with Gasteiger partial charge < -0.3 is 15.2 Å². The lowest BCUT2D eigenvalue weighted by molar-refractivity contribution is -0.141. The van der Waals surface area contributed by atoms with Crippen LogP contribution in [0.5, 0.6) is 0 Å². The number of hydrogen-bond acceptors (Lipinski definition) is 6. The fraction of sp³-hybridized carbons (Fsp3) is 0.308. The van der Waals surface area contributed by atoms with E-state index in [1.807, 2.05) is 0 Å². The van der Waals surface area contributed by atoms with Gasteiger partial charge in [0.2, 0.25) is 5.69 Å². The Morgan fingerprint density at radius 1 is 1.16 bits per heavy atom. The van der Waals surface area contributed by atoms with E-state index in [1.165, 1.54) is 4.90 Å². The molecule has 2 N–H and O–H groups in total. The molecule has 8 nitrogen and oxygen atoms in total. The van der Waals surface area contributed by atoms with Gasteiger partial charge in [0.1, 0.15) is 11.2 Å². The topological polar surface area (TPSA) is 107 Å². The number of nitrogens with two attached hydrogens (primary N) is 1. The minimum atomic E-state index is -4.92. The maximum atomic E-state index is 13.6. The number of amides is 1. The lowest BCUT2D eigenvalue weighted by Crippen LogP contribution is -2.40. The summed E-state index contributed by atoms with van der Waals surface area (Å²) < 4.78 is 46.9. The Balaban J connectivity index is 1.92. The van der Waals surface area contributed by atoms with Crippen LogP contribution in [0, 0.1) is 0 Å². The van der Waals surface area contributed by atoms with Crippen LogP contribution in [-0.2, 0) is 12.7 Å². The van der Waals surface area contributed by atoms with E-state index < -0.39 is 34.6 Å². The van der Waals surface area contributed by atoms with E-state index >= 15 is 0 Å². The first-order chi connectivity index (χ1) is 18.2. The largest absolute Gasteiger partial charge is 0.437 e. The first-order valence-electron chi connectivity index (χ1n) is 11.9. The number of benzene rings is 2. The van der Waals surface area contributed by atoms with Gasteiger partial charge in [-0.25, -0.2) is 0 Å². The van der Waals surface area contributed by atoms with Crippen molar-refractivity contribution in [1.82, 2.24) is 19.6 Å². The smallest absolute Gasteiger partial charge is 0.335 e. The van der Waals surface area contributed by atoms with Crippen molar-refractivity contribution in [2.45, 2.75) is 38.5 Å². The van der Waals surface area contributed by atoms with Crippen LogP contribution >= 0.6 is 11.6 Å². The number of nitrogens with zero attached hydrogens (tertiary/aromatic N) is 4. The average molecular weight is 548 g/mol. The summed E-state index contributed by atoms with van der Waals surface area (Å²) in [6, 6.07) is 14.3. The molecular formula is C26H25ClF3N5O3. The van der Waals surface area contributed by atoms with Crippen LogP contribution in [0.3, 0.4) is 0 Å². The number of carbonyl (C=O) groups excluding carboxylic acids is 1. The van der Waals surface area contributed by atoms with Crippen LogP contribution in [0.4, 0.5) is 13.2 Å². The molecule has 0 radical (unpaired) electrons. The number of halogens is 4. The van der Waals surface area contributed by atoms with Gasteiger partial charge in [0.05, 0.1) is 12.6 Å². The third kappa shape index (κ3) is 5.58. The standard InChI is InChI=1S/C26H25ClF3N5O3/c1-2-19(34(14-6-13-31)24(36)17-9-11-18(27)12-10-17)22-32-23-20(21(33-38-23)26(28,29)30)25(37)35(22)15-16-7-4-3-5-8-16/h3-5,7-12,19H,2,6,13-15,31H2,1H3. The quantitative estimate of drug-likeness (QED) is 0.314. The SMILES string of the molecule is CCC(c1nc2onc(C(F)(F)F)c2c(=O)n1Cc1ccccc1)N(CCCN)C(=O)c1ccc(Cl)cc1. The fourth-order valence-corrected chi connectivity index (χ4v) is 4.41. The summed E-state index contributed by atoms with van der Waals surface area (Å²) in [6.07, 6.45) is -4.17. The maximum absolute atomic E-state index is 13.6. The van der Waals surface area contributed by atoms with Gasteiger partial charge in [0.15, 0.2) is 0 Å². The third-order valence-electron chi connectivity index (χ3n) is 6.09. The molecule has 0 aliphatic carbocycles. The Kier molecular flexibility index (Phi) is 8.17. The first-order valence-corrected chi connectivity index (χ1v) is 12.3. The normalized spacial score (nSPS) is 12.6. The average Bonchev–Trinajstić information content (AvgIpc) is 3.34. The predicted molar refractivity (Wildman–Crippen MR) is 136 cm³/mol. The van der Waals surface area contributed by atoms with Gasteiger partial charge in [-0.05, 0) is 49.2 Å². The Labute approximate surface area is 220 Å². The summed E-state index contributed by atoms with van der Waals surface area (Å²) in [5, 5.41) is 2.80. The molecule has 0 saturated carbocycles. The zero-order valence-electron chi connectivity index (χ0n) is 20.4. The summed E-state index contributed by atoms with van der Waals surface area (Å²) in [5.41, 5.74) is 3.80. The maximum Gasteiger partial charge on any atom is 0.437 e. The molecule has 2 aromatic heterocycles. The molecule has 1 unspecified atom stereocenters. The van der Waals surface area contributed by atoms with Gasteiger partial charge in [-0.2, -0.15) is 18.2 Å². The van der Waals surface area contributed by atoms with E-state index in [2.05, 4.69) is 10.1 Å². The molecule has 4 rings (SSSR count). The number of aromatic nitrogens is 3. The highest BCUT2D eigenvalue weighted by Gasteiger charge is 2.40. The summed E-state index contributed by atoms with van der Waals surface area (Å²) in [5.74, 6) is -0.283. The molecule has 200 valence electrons. The zero-order chi connectivity index (χ0) is 27.4. The molecule has 0 fully saturated rings. The monoisotopic (exact) mass is 547 g/mol. The third-order valence-corrected chi connectivity index (χ3v) is 6.35. The minimum Gasteiger partial charge on any atom is -0.335 e. The lowest BCUT2D eigenvalue weighted by atomic mass is 10.1. The molecule has 1 amide bonds. The molecule has 0 aliphatic rings. The van der Waals surface area contributed by atoms with Gasteiger partial charge in [0, 0.05) is 17.1 Å². The molecule has 2 aromatic carbocycles. The zero-order valence-corrected chi connectivity index (χ0v) is 21.2. The highest BCUT2D eigenvalue weighted by atomic mass is 35.5. The molecule has 4 aromatic rings. The van der Waals surface area contributed by atoms with Crippen LogP contribution in [0.25, 0.3) is 11.1 Å². The van der Waals surface area contributed by atoms with Crippen molar-refractivity contribution in [3.05, 3.63) is 92.6 Å². The Morgan fingerprint density at radius 3 is 2.45 bits per heavy atom.